The fourth-order valence-corrected chi connectivity index (χ4v) is 2.26. The Labute approximate surface area is 97.8 Å². The van der Waals surface area contributed by atoms with Crippen LogP contribution >= 0.6 is 12.4 Å². The lowest BCUT2D eigenvalue weighted by Crippen LogP contribution is -2.50. The third-order valence-electron chi connectivity index (χ3n) is 3.68. The molecule has 1 heterocycles. The van der Waals surface area contributed by atoms with Gasteiger partial charge >= 0.3 is 0 Å². The van der Waals surface area contributed by atoms with Gasteiger partial charge in [-0.3, -0.25) is 4.79 Å². The van der Waals surface area contributed by atoms with Gasteiger partial charge in [-0.25, -0.2) is 0 Å². The van der Waals surface area contributed by atoms with Gasteiger partial charge in [-0.15, -0.1) is 12.4 Å². The van der Waals surface area contributed by atoms with E-state index in [1.54, 1.807) is 0 Å². The van der Waals surface area contributed by atoms with Crippen molar-refractivity contribution in [2.75, 3.05) is 13.1 Å². The summed E-state index contributed by atoms with van der Waals surface area (Å²) in [5.41, 5.74) is -0.0368. The maximum absolute atomic E-state index is 11.9. The minimum absolute atomic E-state index is 0. The Hall–Kier alpha value is -0.280. The number of hydrogen-bond acceptors (Lipinski definition) is 2. The molecule has 1 amide bonds. The molecule has 0 atom stereocenters. The van der Waals surface area contributed by atoms with E-state index in [0.29, 0.717) is 6.04 Å². The highest BCUT2D eigenvalue weighted by atomic mass is 35.5. The first kappa shape index (κ1) is 12.8. The van der Waals surface area contributed by atoms with E-state index >= 15 is 0 Å². The topological polar surface area (TPSA) is 41.1 Å². The number of piperidine rings is 1. The number of rotatable bonds is 2. The van der Waals surface area contributed by atoms with Crippen LogP contribution in [0, 0.1) is 5.41 Å². The smallest absolute Gasteiger partial charge is 0.226 e. The molecular formula is C11H21ClN2O. The molecule has 0 radical (unpaired) electrons. The van der Waals surface area contributed by atoms with Crippen LogP contribution in [0.4, 0.5) is 0 Å². The van der Waals surface area contributed by atoms with Crippen LogP contribution in [0.5, 0.6) is 0 Å². The summed E-state index contributed by atoms with van der Waals surface area (Å²) in [4.78, 5) is 11.9. The van der Waals surface area contributed by atoms with E-state index in [9.17, 15) is 4.79 Å². The minimum atomic E-state index is -0.0368. The molecule has 2 rings (SSSR count). The number of amides is 1. The van der Waals surface area contributed by atoms with Crippen molar-refractivity contribution in [2.24, 2.45) is 5.41 Å². The summed E-state index contributed by atoms with van der Waals surface area (Å²) < 4.78 is 0. The highest BCUT2D eigenvalue weighted by molar-refractivity contribution is 5.85. The summed E-state index contributed by atoms with van der Waals surface area (Å²) in [7, 11) is 0. The van der Waals surface area contributed by atoms with Gasteiger partial charge in [-0.1, -0.05) is 13.3 Å². The van der Waals surface area contributed by atoms with Crippen molar-refractivity contribution in [1.82, 2.24) is 10.6 Å². The number of nitrogens with one attached hydrogen (secondary N) is 2. The molecule has 0 aromatic rings. The van der Waals surface area contributed by atoms with Crippen molar-refractivity contribution in [2.45, 2.75) is 45.1 Å². The third-order valence-corrected chi connectivity index (χ3v) is 3.68. The van der Waals surface area contributed by atoms with Crippen molar-refractivity contribution in [3.63, 3.8) is 0 Å². The molecule has 4 heteroatoms. The van der Waals surface area contributed by atoms with Gasteiger partial charge in [0, 0.05) is 11.5 Å². The summed E-state index contributed by atoms with van der Waals surface area (Å²) in [5.74, 6) is 0.288. The zero-order valence-corrected chi connectivity index (χ0v) is 10.2. The Morgan fingerprint density at radius 1 is 1.33 bits per heavy atom. The predicted octanol–water partition coefficient (Wildman–Crippen LogP) is 1.47. The van der Waals surface area contributed by atoms with Crippen LogP contribution < -0.4 is 10.6 Å². The molecule has 2 N–H and O–H groups in total. The normalized spacial score (nSPS) is 24.9. The molecule has 2 aliphatic rings. The Kier molecular flexibility index (Phi) is 4.41. The summed E-state index contributed by atoms with van der Waals surface area (Å²) in [6.07, 6.45) is 5.54. The first-order valence-corrected chi connectivity index (χ1v) is 5.72. The van der Waals surface area contributed by atoms with Gasteiger partial charge in [0.05, 0.1) is 0 Å². The van der Waals surface area contributed by atoms with Crippen molar-refractivity contribution < 1.29 is 4.79 Å². The van der Waals surface area contributed by atoms with E-state index in [2.05, 4.69) is 17.6 Å². The van der Waals surface area contributed by atoms with Gasteiger partial charge in [0.2, 0.25) is 5.91 Å². The SMILES string of the molecule is CC1(C(=O)NC2CCNCC2)CCC1.Cl. The van der Waals surface area contributed by atoms with Crippen LogP contribution in [0.3, 0.4) is 0 Å². The first-order valence-electron chi connectivity index (χ1n) is 5.72. The van der Waals surface area contributed by atoms with E-state index in [1.807, 2.05) is 0 Å². The van der Waals surface area contributed by atoms with Crippen LogP contribution in [0.15, 0.2) is 0 Å². The fourth-order valence-electron chi connectivity index (χ4n) is 2.26. The number of halogens is 1. The Morgan fingerprint density at radius 2 is 1.93 bits per heavy atom. The Morgan fingerprint density at radius 3 is 2.40 bits per heavy atom. The summed E-state index contributed by atoms with van der Waals surface area (Å²) in [5, 5.41) is 6.49. The molecule has 3 nitrogen and oxygen atoms in total. The van der Waals surface area contributed by atoms with Crippen molar-refractivity contribution in [3.05, 3.63) is 0 Å². The van der Waals surface area contributed by atoms with Crippen molar-refractivity contribution in [1.29, 1.82) is 0 Å². The average Bonchev–Trinajstić information content (AvgIpc) is 2.15. The van der Waals surface area contributed by atoms with Gasteiger partial charge in [-0.05, 0) is 38.8 Å². The van der Waals surface area contributed by atoms with Crippen LogP contribution in [-0.4, -0.2) is 25.0 Å². The maximum atomic E-state index is 11.9. The molecule has 88 valence electrons. The molecule has 0 unspecified atom stereocenters. The van der Waals surface area contributed by atoms with Gasteiger partial charge in [-0.2, -0.15) is 0 Å². The van der Waals surface area contributed by atoms with E-state index in [4.69, 9.17) is 0 Å². The van der Waals surface area contributed by atoms with E-state index in [-0.39, 0.29) is 23.7 Å². The van der Waals surface area contributed by atoms with E-state index in [0.717, 1.165) is 38.8 Å². The number of carbonyl (C=O) groups excluding carboxylic acids is 1. The van der Waals surface area contributed by atoms with Crippen LogP contribution in [0.2, 0.25) is 0 Å². The largest absolute Gasteiger partial charge is 0.353 e. The lowest BCUT2D eigenvalue weighted by molar-refractivity contribution is -0.135. The van der Waals surface area contributed by atoms with Gasteiger partial charge in [0.15, 0.2) is 0 Å². The first-order chi connectivity index (χ1) is 6.71. The third kappa shape index (κ3) is 2.85. The number of hydrogen-bond donors (Lipinski definition) is 2. The lowest BCUT2D eigenvalue weighted by atomic mass is 9.69. The molecule has 1 saturated heterocycles. The second-order valence-corrected chi connectivity index (χ2v) is 4.91. The lowest BCUT2D eigenvalue weighted by Gasteiger charge is -2.38. The second kappa shape index (κ2) is 5.17. The Bertz CT molecular complexity index is 223. The minimum Gasteiger partial charge on any atom is -0.353 e. The van der Waals surface area contributed by atoms with Crippen LogP contribution in [0.25, 0.3) is 0 Å². The number of carbonyl (C=O) groups is 1. The Balaban J connectivity index is 0.00000112. The van der Waals surface area contributed by atoms with E-state index < -0.39 is 0 Å². The highest BCUT2D eigenvalue weighted by Gasteiger charge is 2.39. The summed E-state index contributed by atoms with van der Waals surface area (Å²) in [6, 6.07) is 0.418. The molecule has 1 aliphatic heterocycles. The van der Waals surface area contributed by atoms with Gasteiger partial charge in [0.1, 0.15) is 0 Å². The molecule has 0 spiro atoms. The molecule has 15 heavy (non-hydrogen) atoms. The monoisotopic (exact) mass is 232 g/mol. The van der Waals surface area contributed by atoms with E-state index in [1.165, 1.54) is 6.42 Å². The summed E-state index contributed by atoms with van der Waals surface area (Å²) >= 11 is 0. The standard InChI is InChI=1S/C11H20N2O.ClH/c1-11(5-2-6-11)10(14)13-9-3-7-12-8-4-9;/h9,12H,2-8H2,1H3,(H,13,14);1H. The maximum Gasteiger partial charge on any atom is 0.226 e. The zero-order valence-electron chi connectivity index (χ0n) is 9.34. The molecular weight excluding hydrogens is 212 g/mol. The molecule has 0 aromatic heterocycles. The van der Waals surface area contributed by atoms with Crippen molar-refractivity contribution >= 4 is 18.3 Å². The average molecular weight is 233 g/mol. The molecule has 0 bridgehead atoms. The van der Waals surface area contributed by atoms with Crippen LogP contribution in [0.1, 0.15) is 39.0 Å². The molecule has 1 aliphatic carbocycles. The summed E-state index contributed by atoms with van der Waals surface area (Å²) in [6.45, 7) is 4.18. The van der Waals surface area contributed by atoms with Gasteiger partial charge < -0.3 is 10.6 Å². The molecule has 0 aromatic carbocycles. The molecule has 2 fully saturated rings. The van der Waals surface area contributed by atoms with Crippen LogP contribution in [-0.2, 0) is 4.79 Å². The van der Waals surface area contributed by atoms with Crippen molar-refractivity contribution in [3.8, 4) is 0 Å². The fraction of sp³-hybridized carbons (Fsp3) is 0.909. The highest BCUT2D eigenvalue weighted by Crippen LogP contribution is 2.40. The van der Waals surface area contributed by atoms with Gasteiger partial charge in [0.25, 0.3) is 0 Å². The second-order valence-electron chi connectivity index (χ2n) is 4.91. The molecule has 1 saturated carbocycles. The zero-order chi connectivity index (χ0) is 10.0. The quantitative estimate of drug-likeness (QED) is 0.757. The predicted molar refractivity (Wildman–Crippen MR) is 63.2 cm³/mol.